The number of para-hydroxylation sites is 1. The second-order valence-corrected chi connectivity index (χ2v) is 6.05. The van der Waals surface area contributed by atoms with Crippen LogP contribution in [0.1, 0.15) is 24.9 Å². The van der Waals surface area contributed by atoms with Crippen LogP contribution in [-0.4, -0.2) is 35.2 Å². The third-order valence-electron chi connectivity index (χ3n) is 4.56. The highest BCUT2D eigenvalue weighted by Crippen LogP contribution is 2.25. The minimum atomic E-state index is -0.292. The van der Waals surface area contributed by atoms with Crippen molar-refractivity contribution in [3.05, 3.63) is 66.2 Å². The van der Waals surface area contributed by atoms with Crippen LogP contribution in [0.3, 0.4) is 0 Å². The third-order valence-corrected chi connectivity index (χ3v) is 4.56. The molecule has 0 radical (unpaired) electrons. The van der Waals surface area contributed by atoms with Crippen molar-refractivity contribution >= 4 is 5.69 Å². The molecule has 0 spiro atoms. The Bertz CT molecular complexity index is 573. The molecule has 3 nitrogen and oxygen atoms in total. The summed E-state index contributed by atoms with van der Waals surface area (Å²) in [6.45, 7) is 4.03. The zero-order valence-corrected chi connectivity index (χ0v) is 13.0. The van der Waals surface area contributed by atoms with E-state index in [2.05, 4.69) is 47.5 Å². The Kier molecular flexibility index (Phi) is 4.76. The number of hydrogen-bond donors (Lipinski definition) is 2. The molecule has 1 aliphatic rings. The fourth-order valence-electron chi connectivity index (χ4n) is 3.15. The van der Waals surface area contributed by atoms with Gasteiger partial charge in [0.2, 0.25) is 0 Å². The highest BCUT2D eigenvalue weighted by Gasteiger charge is 2.30. The summed E-state index contributed by atoms with van der Waals surface area (Å²) in [6, 6.07) is 21.2. The standard InChI is InChI=1S/C19H24N2O/c1-15(16-8-4-2-5-9-16)21-13-12-19(22)18(14-21)20-17-10-6-3-7-11-17/h2-11,15,18-20,22H,12-14H2,1H3/t15?,18-,19-/m1/s1. The van der Waals surface area contributed by atoms with Gasteiger partial charge in [-0.3, -0.25) is 4.90 Å². The summed E-state index contributed by atoms with van der Waals surface area (Å²) in [6.07, 6.45) is 0.515. The molecule has 0 aromatic heterocycles. The van der Waals surface area contributed by atoms with Crippen molar-refractivity contribution in [1.82, 2.24) is 4.90 Å². The Hall–Kier alpha value is -1.84. The topological polar surface area (TPSA) is 35.5 Å². The average molecular weight is 296 g/mol. The lowest BCUT2D eigenvalue weighted by Crippen LogP contribution is -2.50. The zero-order valence-electron chi connectivity index (χ0n) is 13.0. The van der Waals surface area contributed by atoms with Crippen molar-refractivity contribution in [3.8, 4) is 0 Å². The zero-order chi connectivity index (χ0) is 15.4. The quantitative estimate of drug-likeness (QED) is 0.909. The Morgan fingerprint density at radius 3 is 2.36 bits per heavy atom. The molecule has 2 aromatic rings. The van der Waals surface area contributed by atoms with Crippen LogP contribution in [0, 0.1) is 0 Å². The van der Waals surface area contributed by atoms with Crippen LogP contribution in [0.25, 0.3) is 0 Å². The van der Waals surface area contributed by atoms with Gasteiger partial charge in [-0.05, 0) is 31.0 Å². The molecule has 1 saturated heterocycles. The van der Waals surface area contributed by atoms with E-state index in [4.69, 9.17) is 0 Å². The van der Waals surface area contributed by atoms with E-state index in [9.17, 15) is 5.11 Å². The second kappa shape index (κ2) is 6.95. The predicted molar refractivity (Wildman–Crippen MR) is 90.9 cm³/mol. The molecule has 1 fully saturated rings. The van der Waals surface area contributed by atoms with Crippen molar-refractivity contribution in [3.63, 3.8) is 0 Å². The monoisotopic (exact) mass is 296 g/mol. The summed E-state index contributed by atoms with van der Waals surface area (Å²) >= 11 is 0. The van der Waals surface area contributed by atoms with Crippen LogP contribution in [0.2, 0.25) is 0 Å². The van der Waals surface area contributed by atoms with E-state index in [1.54, 1.807) is 0 Å². The van der Waals surface area contributed by atoms with Gasteiger partial charge in [0, 0.05) is 24.8 Å². The Balaban J connectivity index is 1.68. The fourth-order valence-corrected chi connectivity index (χ4v) is 3.15. The van der Waals surface area contributed by atoms with Gasteiger partial charge in [0.15, 0.2) is 0 Å². The Labute approximate surface area is 132 Å². The van der Waals surface area contributed by atoms with Crippen molar-refractivity contribution in [1.29, 1.82) is 0 Å². The minimum Gasteiger partial charge on any atom is -0.391 e. The van der Waals surface area contributed by atoms with Gasteiger partial charge in [0.1, 0.15) is 0 Å². The molecule has 0 amide bonds. The number of piperidine rings is 1. The van der Waals surface area contributed by atoms with Crippen LogP contribution in [0.4, 0.5) is 5.69 Å². The molecule has 1 unspecified atom stereocenters. The van der Waals surface area contributed by atoms with E-state index in [1.165, 1.54) is 5.56 Å². The molecule has 3 heteroatoms. The summed E-state index contributed by atoms with van der Waals surface area (Å²) in [5.74, 6) is 0. The number of aliphatic hydroxyl groups excluding tert-OH is 1. The largest absolute Gasteiger partial charge is 0.391 e. The Morgan fingerprint density at radius 2 is 1.68 bits per heavy atom. The van der Waals surface area contributed by atoms with E-state index in [0.29, 0.717) is 6.04 Å². The van der Waals surface area contributed by atoms with Crippen molar-refractivity contribution in [2.24, 2.45) is 0 Å². The maximum atomic E-state index is 10.3. The SMILES string of the molecule is CC(c1ccccc1)N1CC[C@@H](O)[C@H](Nc2ccccc2)C1. The number of benzene rings is 2. The number of likely N-dealkylation sites (tertiary alicyclic amines) is 1. The van der Waals surface area contributed by atoms with E-state index >= 15 is 0 Å². The van der Waals surface area contributed by atoms with Gasteiger partial charge in [-0.1, -0.05) is 48.5 Å². The number of nitrogens with one attached hydrogen (secondary N) is 1. The second-order valence-electron chi connectivity index (χ2n) is 6.05. The van der Waals surface area contributed by atoms with E-state index in [1.807, 2.05) is 30.3 Å². The molecule has 22 heavy (non-hydrogen) atoms. The lowest BCUT2D eigenvalue weighted by molar-refractivity contribution is 0.0527. The molecule has 1 heterocycles. The molecule has 0 saturated carbocycles. The number of rotatable bonds is 4. The average Bonchev–Trinajstić information content (AvgIpc) is 2.58. The first kappa shape index (κ1) is 15.1. The predicted octanol–water partition coefficient (Wildman–Crippen LogP) is 3.29. The molecular formula is C19H24N2O. The lowest BCUT2D eigenvalue weighted by atomic mass is 9.98. The van der Waals surface area contributed by atoms with Crippen LogP contribution in [-0.2, 0) is 0 Å². The minimum absolute atomic E-state index is 0.0716. The molecule has 3 atom stereocenters. The first-order valence-electron chi connectivity index (χ1n) is 8.02. The summed E-state index contributed by atoms with van der Waals surface area (Å²) < 4.78 is 0. The summed E-state index contributed by atoms with van der Waals surface area (Å²) in [5.41, 5.74) is 2.40. The summed E-state index contributed by atoms with van der Waals surface area (Å²) in [7, 11) is 0. The van der Waals surface area contributed by atoms with Gasteiger partial charge < -0.3 is 10.4 Å². The van der Waals surface area contributed by atoms with E-state index in [-0.39, 0.29) is 12.1 Å². The molecule has 3 rings (SSSR count). The van der Waals surface area contributed by atoms with E-state index < -0.39 is 0 Å². The van der Waals surface area contributed by atoms with Crippen LogP contribution in [0.15, 0.2) is 60.7 Å². The van der Waals surface area contributed by atoms with Gasteiger partial charge in [-0.2, -0.15) is 0 Å². The number of aliphatic hydroxyl groups is 1. The normalized spacial score (nSPS) is 23.9. The van der Waals surface area contributed by atoms with Gasteiger partial charge in [0.05, 0.1) is 12.1 Å². The third kappa shape index (κ3) is 3.49. The van der Waals surface area contributed by atoms with Crippen molar-refractivity contribution in [2.45, 2.75) is 31.5 Å². The molecule has 2 N–H and O–H groups in total. The summed E-state index contributed by atoms with van der Waals surface area (Å²) in [4.78, 5) is 2.45. The van der Waals surface area contributed by atoms with E-state index in [0.717, 1.165) is 25.2 Å². The van der Waals surface area contributed by atoms with Crippen LogP contribution in [0.5, 0.6) is 0 Å². The van der Waals surface area contributed by atoms with Gasteiger partial charge >= 0.3 is 0 Å². The molecule has 116 valence electrons. The number of nitrogens with zero attached hydrogens (tertiary/aromatic N) is 1. The van der Waals surface area contributed by atoms with Gasteiger partial charge in [0.25, 0.3) is 0 Å². The maximum absolute atomic E-state index is 10.3. The first-order valence-corrected chi connectivity index (χ1v) is 8.02. The number of anilines is 1. The maximum Gasteiger partial charge on any atom is 0.0765 e. The van der Waals surface area contributed by atoms with Crippen molar-refractivity contribution in [2.75, 3.05) is 18.4 Å². The highest BCUT2D eigenvalue weighted by atomic mass is 16.3. The van der Waals surface area contributed by atoms with Crippen LogP contribution < -0.4 is 5.32 Å². The smallest absolute Gasteiger partial charge is 0.0765 e. The number of hydrogen-bond acceptors (Lipinski definition) is 3. The molecule has 0 bridgehead atoms. The molecule has 1 aliphatic heterocycles. The Morgan fingerprint density at radius 1 is 1.05 bits per heavy atom. The summed E-state index contributed by atoms with van der Waals surface area (Å²) in [5, 5.41) is 13.8. The molecular weight excluding hydrogens is 272 g/mol. The van der Waals surface area contributed by atoms with Crippen LogP contribution >= 0.6 is 0 Å². The van der Waals surface area contributed by atoms with Gasteiger partial charge in [-0.15, -0.1) is 0 Å². The molecule has 2 aromatic carbocycles. The van der Waals surface area contributed by atoms with Crippen molar-refractivity contribution < 1.29 is 5.11 Å². The lowest BCUT2D eigenvalue weighted by Gasteiger charge is -2.40. The first-order chi connectivity index (χ1) is 10.7. The highest BCUT2D eigenvalue weighted by molar-refractivity contribution is 5.44. The fraction of sp³-hybridized carbons (Fsp3) is 0.368. The van der Waals surface area contributed by atoms with Gasteiger partial charge in [-0.25, -0.2) is 0 Å². The molecule has 0 aliphatic carbocycles.